The Kier molecular flexibility index (Phi) is 4.71. The normalized spacial score (nSPS) is 10.8. The molecule has 0 spiro atoms. The molecule has 144 valence electrons. The van der Waals surface area contributed by atoms with Crippen molar-refractivity contribution in [1.82, 2.24) is 14.3 Å². The van der Waals surface area contributed by atoms with Crippen LogP contribution in [0.15, 0.2) is 63.8 Å². The van der Waals surface area contributed by atoms with Gasteiger partial charge in [0.25, 0.3) is 0 Å². The topological polar surface area (TPSA) is 103 Å². The van der Waals surface area contributed by atoms with Gasteiger partial charge in [-0.25, -0.2) is 9.48 Å². The number of fused-ring (bicyclic) bond motifs is 1. The van der Waals surface area contributed by atoms with Gasteiger partial charge >= 0.3 is 11.7 Å². The van der Waals surface area contributed by atoms with Crippen LogP contribution >= 0.6 is 0 Å². The summed E-state index contributed by atoms with van der Waals surface area (Å²) in [4.78, 5) is 24.4. The van der Waals surface area contributed by atoms with Crippen molar-refractivity contribution in [3.63, 3.8) is 0 Å². The molecule has 4 aromatic rings. The SMILES string of the molecule is Cc1nn(-c2ccccc2)c(COC(=O)Cn2c(=O)oc3ccccc32)c1C#N. The number of oxazole rings is 1. The summed E-state index contributed by atoms with van der Waals surface area (Å²) in [6.45, 7) is 1.28. The second-order valence-corrected chi connectivity index (χ2v) is 6.35. The predicted octanol–water partition coefficient (Wildman–Crippen LogP) is 2.70. The minimum Gasteiger partial charge on any atom is -0.458 e. The summed E-state index contributed by atoms with van der Waals surface area (Å²) in [7, 11) is 0. The van der Waals surface area contributed by atoms with Crippen LogP contribution in [-0.2, 0) is 22.7 Å². The number of rotatable bonds is 5. The number of nitrogens with zero attached hydrogens (tertiary/aromatic N) is 4. The number of carbonyl (C=O) groups is 1. The molecular weight excluding hydrogens is 372 g/mol. The molecule has 0 unspecified atom stereocenters. The van der Waals surface area contributed by atoms with Crippen molar-refractivity contribution < 1.29 is 13.9 Å². The molecule has 0 fully saturated rings. The molecule has 2 aromatic heterocycles. The number of esters is 1. The van der Waals surface area contributed by atoms with Crippen molar-refractivity contribution in [3.05, 3.63) is 82.1 Å². The van der Waals surface area contributed by atoms with Crippen molar-refractivity contribution >= 4 is 17.1 Å². The van der Waals surface area contributed by atoms with Gasteiger partial charge in [0, 0.05) is 0 Å². The Morgan fingerprint density at radius 3 is 2.66 bits per heavy atom. The lowest BCUT2D eigenvalue weighted by atomic mass is 10.2. The molecule has 2 aromatic carbocycles. The summed E-state index contributed by atoms with van der Waals surface area (Å²) in [5.74, 6) is -1.26. The van der Waals surface area contributed by atoms with Gasteiger partial charge < -0.3 is 9.15 Å². The third-order valence-electron chi connectivity index (χ3n) is 4.50. The Bertz CT molecular complexity index is 1290. The van der Waals surface area contributed by atoms with E-state index in [1.807, 2.05) is 30.3 Å². The van der Waals surface area contributed by atoms with Gasteiger partial charge in [0.2, 0.25) is 0 Å². The number of carbonyl (C=O) groups excluding carboxylic acids is 1. The quantitative estimate of drug-likeness (QED) is 0.487. The molecule has 8 heteroatoms. The first-order valence-electron chi connectivity index (χ1n) is 8.86. The first-order valence-corrected chi connectivity index (χ1v) is 8.86. The molecule has 0 amide bonds. The molecule has 8 nitrogen and oxygen atoms in total. The highest BCUT2D eigenvalue weighted by Crippen LogP contribution is 2.19. The van der Waals surface area contributed by atoms with Crippen LogP contribution in [0.5, 0.6) is 0 Å². The van der Waals surface area contributed by atoms with Crippen LogP contribution in [0.2, 0.25) is 0 Å². The highest BCUT2D eigenvalue weighted by Gasteiger charge is 2.19. The molecule has 29 heavy (non-hydrogen) atoms. The van der Waals surface area contributed by atoms with Crippen LogP contribution < -0.4 is 5.76 Å². The monoisotopic (exact) mass is 388 g/mol. The number of ether oxygens (including phenoxy) is 1. The predicted molar refractivity (Wildman–Crippen MR) is 103 cm³/mol. The van der Waals surface area contributed by atoms with Crippen molar-refractivity contribution in [3.8, 4) is 11.8 Å². The zero-order valence-corrected chi connectivity index (χ0v) is 15.5. The zero-order valence-electron chi connectivity index (χ0n) is 15.5. The number of aryl methyl sites for hydroxylation is 1. The minimum atomic E-state index is -0.633. The first-order chi connectivity index (χ1) is 14.1. The largest absolute Gasteiger partial charge is 0.458 e. The molecule has 0 aliphatic carbocycles. The zero-order chi connectivity index (χ0) is 20.4. The van der Waals surface area contributed by atoms with Crippen LogP contribution in [0.4, 0.5) is 0 Å². The van der Waals surface area contributed by atoms with Crippen LogP contribution in [0.25, 0.3) is 16.8 Å². The number of para-hydroxylation sites is 3. The van der Waals surface area contributed by atoms with E-state index in [2.05, 4.69) is 11.2 Å². The second kappa shape index (κ2) is 7.48. The summed E-state index contributed by atoms with van der Waals surface area (Å²) in [5.41, 5.74) is 3.02. The van der Waals surface area contributed by atoms with Crippen LogP contribution in [-0.4, -0.2) is 20.3 Å². The molecule has 0 aliphatic heterocycles. The molecule has 0 saturated heterocycles. The lowest BCUT2D eigenvalue weighted by Gasteiger charge is -2.09. The van der Waals surface area contributed by atoms with Crippen molar-refractivity contribution in [2.24, 2.45) is 0 Å². The van der Waals surface area contributed by atoms with Gasteiger partial charge in [-0.15, -0.1) is 0 Å². The maximum absolute atomic E-state index is 12.4. The number of hydrogen-bond acceptors (Lipinski definition) is 6. The second-order valence-electron chi connectivity index (χ2n) is 6.35. The highest BCUT2D eigenvalue weighted by molar-refractivity contribution is 5.76. The van der Waals surface area contributed by atoms with Crippen molar-refractivity contribution in [2.75, 3.05) is 0 Å². The minimum absolute atomic E-state index is 0.151. The van der Waals surface area contributed by atoms with E-state index in [0.29, 0.717) is 28.1 Å². The molecule has 0 aliphatic rings. The molecule has 0 atom stereocenters. The van der Waals surface area contributed by atoms with E-state index in [1.54, 1.807) is 35.9 Å². The van der Waals surface area contributed by atoms with E-state index < -0.39 is 11.7 Å². The Balaban J connectivity index is 1.58. The molecule has 2 heterocycles. The maximum atomic E-state index is 12.4. The Morgan fingerprint density at radius 2 is 1.90 bits per heavy atom. The first kappa shape index (κ1) is 18.3. The maximum Gasteiger partial charge on any atom is 0.420 e. The lowest BCUT2D eigenvalue weighted by molar-refractivity contribution is -0.145. The van der Waals surface area contributed by atoms with Gasteiger partial charge in [-0.2, -0.15) is 10.4 Å². The number of hydrogen-bond donors (Lipinski definition) is 0. The van der Waals surface area contributed by atoms with Crippen LogP contribution in [0, 0.1) is 18.3 Å². The van der Waals surface area contributed by atoms with E-state index in [1.165, 1.54) is 4.57 Å². The number of benzene rings is 2. The molecule has 0 bridgehead atoms. The van der Waals surface area contributed by atoms with Crippen LogP contribution in [0.1, 0.15) is 17.0 Å². The molecule has 0 saturated carbocycles. The Labute approximate surface area is 165 Å². The summed E-state index contributed by atoms with van der Waals surface area (Å²) in [5, 5.41) is 13.9. The van der Waals surface area contributed by atoms with Crippen molar-refractivity contribution in [2.45, 2.75) is 20.1 Å². The summed E-state index contributed by atoms with van der Waals surface area (Å²) >= 11 is 0. The van der Waals surface area contributed by atoms with Crippen LogP contribution in [0.3, 0.4) is 0 Å². The molecular formula is C21H16N4O4. The molecule has 0 N–H and O–H groups in total. The lowest BCUT2D eigenvalue weighted by Crippen LogP contribution is -2.22. The summed E-state index contributed by atoms with van der Waals surface area (Å²) in [6.07, 6.45) is 0. The number of nitriles is 1. The number of aromatic nitrogens is 3. The fraction of sp³-hybridized carbons (Fsp3) is 0.143. The Morgan fingerprint density at radius 1 is 1.17 bits per heavy atom. The summed E-state index contributed by atoms with van der Waals surface area (Å²) in [6, 6.07) is 18.2. The third-order valence-corrected chi connectivity index (χ3v) is 4.50. The van der Waals surface area contributed by atoms with Gasteiger partial charge in [-0.05, 0) is 31.2 Å². The van der Waals surface area contributed by atoms with E-state index >= 15 is 0 Å². The fourth-order valence-corrected chi connectivity index (χ4v) is 3.12. The van der Waals surface area contributed by atoms with E-state index in [-0.39, 0.29) is 13.2 Å². The average Bonchev–Trinajstić information content (AvgIpc) is 3.23. The standard InChI is InChI=1S/C21H16N4O4/c1-14-16(11-22)18(25(23-14)15-7-3-2-4-8-15)13-28-20(26)12-24-17-9-5-6-10-19(17)29-21(24)27/h2-10H,12-13H2,1H3. The van der Waals surface area contributed by atoms with E-state index in [0.717, 1.165) is 5.69 Å². The van der Waals surface area contributed by atoms with Gasteiger partial charge in [0.1, 0.15) is 24.8 Å². The van der Waals surface area contributed by atoms with Gasteiger partial charge in [-0.1, -0.05) is 30.3 Å². The average molecular weight is 388 g/mol. The third kappa shape index (κ3) is 3.41. The van der Waals surface area contributed by atoms with E-state index in [4.69, 9.17) is 9.15 Å². The van der Waals surface area contributed by atoms with Crippen molar-refractivity contribution in [1.29, 1.82) is 5.26 Å². The van der Waals surface area contributed by atoms with Gasteiger partial charge in [0.05, 0.1) is 22.6 Å². The van der Waals surface area contributed by atoms with Gasteiger partial charge in [-0.3, -0.25) is 9.36 Å². The smallest absolute Gasteiger partial charge is 0.420 e. The summed E-state index contributed by atoms with van der Waals surface area (Å²) < 4.78 is 13.3. The molecule has 4 rings (SSSR count). The Hall–Kier alpha value is -4.12. The highest BCUT2D eigenvalue weighted by atomic mass is 16.5. The van der Waals surface area contributed by atoms with Gasteiger partial charge in [0.15, 0.2) is 5.58 Å². The fourth-order valence-electron chi connectivity index (χ4n) is 3.12. The molecule has 0 radical (unpaired) electrons. The van der Waals surface area contributed by atoms with E-state index in [9.17, 15) is 14.9 Å².